The number of carbonyl (C=O) groups is 1. The quantitative estimate of drug-likeness (QED) is 0.747. The Morgan fingerprint density at radius 2 is 2.21 bits per heavy atom. The number of aromatic nitrogens is 2. The van der Waals surface area contributed by atoms with Crippen LogP contribution < -0.4 is 5.32 Å². The van der Waals surface area contributed by atoms with Crippen molar-refractivity contribution in [2.45, 2.75) is 38.1 Å². The van der Waals surface area contributed by atoms with E-state index in [1.54, 1.807) is 12.4 Å². The van der Waals surface area contributed by atoms with Gasteiger partial charge in [0, 0.05) is 12.2 Å². The average Bonchev–Trinajstić information content (AvgIpc) is 2.72. The molecular weight excluding hydrogens is 178 g/mol. The fraction of sp³-hybridized carbons (Fsp3) is 0.600. The summed E-state index contributed by atoms with van der Waals surface area (Å²) in [6.45, 7) is 0. The van der Waals surface area contributed by atoms with Gasteiger partial charge < -0.3 is 5.32 Å². The summed E-state index contributed by atoms with van der Waals surface area (Å²) in [5.41, 5.74) is 0.621. The van der Waals surface area contributed by atoms with Crippen LogP contribution in [-0.4, -0.2) is 22.1 Å². The number of nitrogens with one attached hydrogen (secondary N) is 2. The maximum Gasteiger partial charge on any atom is 0.254 e. The van der Waals surface area contributed by atoms with E-state index < -0.39 is 0 Å². The van der Waals surface area contributed by atoms with Gasteiger partial charge in [-0.1, -0.05) is 19.3 Å². The smallest absolute Gasteiger partial charge is 0.254 e. The fourth-order valence-corrected chi connectivity index (χ4v) is 1.89. The average molecular weight is 193 g/mol. The van der Waals surface area contributed by atoms with Gasteiger partial charge in [0.05, 0.1) is 11.8 Å². The highest BCUT2D eigenvalue weighted by molar-refractivity contribution is 5.93. The number of hydrogen-bond donors (Lipinski definition) is 2. The van der Waals surface area contributed by atoms with E-state index in [4.69, 9.17) is 0 Å². The molecular formula is C10H15N3O. The lowest BCUT2D eigenvalue weighted by molar-refractivity contribution is 0.0928. The third kappa shape index (κ3) is 2.13. The van der Waals surface area contributed by atoms with Crippen molar-refractivity contribution in [3.63, 3.8) is 0 Å². The number of hydrogen-bond acceptors (Lipinski definition) is 2. The zero-order valence-electron chi connectivity index (χ0n) is 8.12. The lowest BCUT2D eigenvalue weighted by atomic mass is 9.95. The first kappa shape index (κ1) is 9.24. The molecule has 0 atom stereocenters. The number of nitrogens with zero attached hydrogens (tertiary/aromatic N) is 1. The highest BCUT2D eigenvalue weighted by Gasteiger charge is 2.16. The van der Waals surface area contributed by atoms with Crippen LogP contribution in [-0.2, 0) is 0 Å². The molecule has 0 bridgehead atoms. The van der Waals surface area contributed by atoms with Gasteiger partial charge in [0.1, 0.15) is 0 Å². The maximum atomic E-state index is 11.6. The highest BCUT2D eigenvalue weighted by atomic mass is 16.1. The molecule has 1 saturated carbocycles. The number of aromatic amines is 1. The molecule has 0 saturated heterocycles. The Labute approximate surface area is 83.1 Å². The lowest BCUT2D eigenvalue weighted by Gasteiger charge is -2.22. The summed E-state index contributed by atoms with van der Waals surface area (Å²) in [5, 5.41) is 9.41. The molecule has 1 fully saturated rings. The molecule has 1 amide bonds. The molecule has 1 aromatic heterocycles. The summed E-state index contributed by atoms with van der Waals surface area (Å²) >= 11 is 0. The summed E-state index contributed by atoms with van der Waals surface area (Å²) in [6, 6.07) is 0.367. The number of H-pyrrole nitrogens is 1. The Bertz CT molecular complexity index is 288. The van der Waals surface area contributed by atoms with E-state index in [0.717, 1.165) is 12.8 Å². The van der Waals surface area contributed by atoms with Crippen LogP contribution in [0.25, 0.3) is 0 Å². The van der Waals surface area contributed by atoms with Gasteiger partial charge in [-0.05, 0) is 12.8 Å². The van der Waals surface area contributed by atoms with Crippen LogP contribution in [0.2, 0.25) is 0 Å². The van der Waals surface area contributed by atoms with Crippen LogP contribution in [0.5, 0.6) is 0 Å². The van der Waals surface area contributed by atoms with Crippen molar-refractivity contribution in [1.29, 1.82) is 0 Å². The Balaban J connectivity index is 1.87. The summed E-state index contributed by atoms with van der Waals surface area (Å²) in [4.78, 5) is 11.6. The van der Waals surface area contributed by atoms with Crippen molar-refractivity contribution in [2.75, 3.05) is 0 Å². The molecule has 0 aromatic carbocycles. The zero-order chi connectivity index (χ0) is 9.80. The Kier molecular flexibility index (Phi) is 2.81. The van der Waals surface area contributed by atoms with E-state index in [1.165, 1.54) is 19.3 Å². The molecule has 1 aliphatic rings. The second kappa shape index (κ2) is 4.26. The summed E-state index contributed by atoms with van der Waals surface area (Å²) < 4.78 is 0. The van der Waals surface area contributed by atoms with Crippen LogP contribution in [0, 0.1) is 0 Å². The standard InChI is InChI=1S/C10H15N3O/c14-10(8-6-11-12-7-8)13-9-4-2-1-3-5-9/h6-7,9H,1-5H2,(H,11,12)(H,13,14). The second-order valence-corrected chi connectivity index (χ2v) is 3.80. The molecule has 0 aliphatic heterocycles. The molecule has 4 nitrogen and oxygen atoms in total. The normalized spacial score (nSPS) is 18.0. The number of amides is 1. The van der Waals surface area contributed by atoms with Gasteiger partial charge >= 0.3 is 0 Å². The molecule has 76 valence electrons. The molecule has 14 heavy (non-hydrogen) atoms. The summed E-state index contributed by atoms with van der Waals surface area (Å²) in [6.07, 6.45) is 9.17. The molecule has 1 aliphatic carbocycles. The monoisotopic (exact) mass is 193 g/mol. The Hall–Kier alpha value is -1.32. The molecule has 2 N–H and O–H groups in total. The lowest BCUT2D eigenvalue weighted by Crippen LogP contribution is -2.35. The van der Waals surface area contributed by atoms with Gasteiger partial charge in [0.25, 0.3) is 5.91 Å². The van der Waals surface area contributed by atoms with Crippen LogP contribution in [0.4, 0.5) is 0 Å². The topological polar surface area (TPSA) is 57.8 Å². The van der Waals surface area contributed by atoms with Gasteiger partial charge in [-0.2, -0.15) is 5.10 Å². The first-order chi connectivity index (χ1) is 6.86. The van der Waals surface area contributed by atoms with Gasteiger partial charge in [0.2, 0.25) is 0 Å². The zero-order valence-corrected chi connectivity index (χ0v) is 8.12. The van der Waals surface area contributed by atoms with Crippen molar-refractivity contribution in [1.82, 2.24) is 15.5 Å². The van der Waals surface area contributed by atoms with E-state index in [9.17, 15) is 4.79 Å². The minimum absolute atomic E-state index is 0.00866. The first-order valence-corrected chi connectivity index (χ1v) is 5.16. The van der Waals surface area contributed by atoms with Gasteiger partial charge in [-0.25, -0.2) is 0 Å². The predicted octanol–water partition coefficient (Wildman–Crippen LogP) is 1.47. The van der Waals surface area contributed by atoms with E-state index in [1.807, 2.05) is 0 Å². The number of carbonyl (C=O) groups excluding carboxylic acids is 1. The number of rotatable bonds is 2. The molecule has 4 heteroatoms. The largest absolute Gasteiger partial charge is 0.349 e. The fourth-order valence-electron chi connectivity index (χ4n) is 1.89. The molecule has 0 radical (unpaired) electrons. The third-order valence-electron chi connectivity index (χ3n) is 2.70. The molecule has 0 unspecified atom stereocenters. The van der Waals surface area contributed by atoms with Crippen molar-refractivity contribution in [3.05, 3.63) is 18.0 Å². The highest BCUT2D eigenvalue weighted by Crippen LogP contribution is 2.17. The van der Waals surface area contributed by atoms with E-state index in [2.05, 4.69) is 15.5 Å². The van der Waals surface area contributed by atoms with Crippen molar-refractivity contribution in [2.24, 2.45) is 0 Å². The van der Waals surface area contributed by atoms with Crippen molar-refractivity contribution in [3.8, 4) is 0 Å². The molecule has 0 spiro atoms. The van der Waals surface area contributed by atoms with Crippen LogP contribution in [0.1, 0.15) is 42.5 Å². The SMILES string of the molecule is O=C(NC1CCCCC1)c1cn[nH]c1. The van der Waals surface area contributed by atoms with E-state index in [-0.39, 0.29) is 5.91 Å². The van der Waals surface area contributed by atoms with Crippen LogP contribution in [0.3, 0.4) is 0 Å². The maximum absolute atomic E-state index is 11.6. The van der Waals surface area contributed by atoms with Gasteiger partial charge in [-0.15, -0.1) is 0 Å². The predicted molar refractivity (Wildman–Crippen MR) is 52.9 cm³/mol. The second-order valence-electron chi connectivity index (χ2n) is 3.80. The summed E-state index contributed by atoms with van der Waals surface area (Å²) in [5.74, 6) is -0.00866. The Morgan fingerprint density at radius 3 is 2.86 bits per heavy atom. The van der Waals surface area contributed by atoms with E-state index >= 15 is 0 Å². The molecule has 2 rings (SSSR count). The minimum atomic E-state index is -0.00866. The van der Waals surface area contributed by atoms with E-state index in [0.29, 0.717) is 11.6 Å². The van der Waals surface area contributed by atoms with Gasteiger partial charge in [-0.3, -0.25) is 9.89 Å². The Morgan fingerprint density at radius 1 is 1.43 bits per heavy atom. The van der Waals surface area contributed by atoms with Crippen LogP contribution in [0.15, 0.2) is 12.4 Å². The molecule has 1 aromatic rings. The molecule has 1 heterocycles. The minimum Gasteiger partial charge on any atom is -0.349 e. The van der Waals surface area contributed by atoms with Crippen molar-refractivity contribution >= 4 is 5.91 Å². The third-order valence-corrected chi connectivity index (χ3v) is 2.70. The van der Waals surface area contributed by atoms with Crippen molar-refractivity contribution < 1.29 is 4.79 Å². The first-order valence-electron chi connectivity index (χ1n) is 5.16. The van der Waals surface area contributed by atoms with Gasteiger partial charge in [0.15, 0.2) is 0 Å². The summed E-state index contributed by atoms with van der Waals surface area (Å²) in [7, 11) is 0. The van der Waals surface area contributed by atoms with Crippen LogP contribution >= 0.6 is 0 Å².